The molecule has 0 aliphatic carbocycles. The van der Waals surface area contributed by atoms with Gasteiger partial charge in [0.2, 0.25) is 5.91 Å². The lowest BCUT2D eigenvalue weighted by Crippen LogP contribution is -2.57. The minimum absolute atomic E-state index is 0. The first-order valence-electron chi connectivity index (χ1n) is 7.59. The summed E-state index contributed by atoms with van der Waals surface area (Å²) in [6.07, 6.45) is 4.42. The van der Waals surface area contributed by atoms with Crippen molar-refractivity contribution in [2.24, 2.45) is 5.92 Å². The van der Waals surface area contributed by atoms with E-state index in [0.29, 0.717) is 29.9 Å². The summed E-state index contributed by atoms with van der Waals surface area (Å²) in [5.41, 5.74) is 1.55. The highest BCUT2D eigenvalue weighted by molar-refractivity contribution is 5.85. The number of halogens is 1. The molecule has 2 aromatic heterocycles. The molecule has 1 amide bonds. The van der Waals surface area contributed by atoms with Crippen molar-refractivity contribution in [1.29, 1.82) is 0 Å². The Balaban J connectivity index is 0.00000144. The molecule has 5 heterocycles. The molecule has 3 aliphatic rings. The fourth-order valence-electron chi connectivity index (χ4n) is 3.52. The predicted molar refractivity (Wildman–Crippen MR) is 85.9 cm³/mol. The highest BCUT2D eigenvalue weighted by Crippen LogP contribution is 2.27. The molecular weight excluding hydrogens is 302 g/mol. The van der Waals surface area contributed by atoms with Crippen LogP contribution in [0.5, 0.6) is 0 Å². The third-order valence-electron chi connectivity index (χ3n) is 4.64. The number of carbonyl (C=O) groups is 1. The van der Waals surface area contributed by atoms with Crippen LogP contribution in [-0.2, 0) is 11.2 Å². The predicted octanol–water partition coefficient (Wildman–Crippen LogP) is 1.13. The van der Waals surface area contributed by atoms with Crippen LogP contribution < -0.4 is 5.32 Å². The van der Waals surface area contributed by atoms with Gasteiger partial charge in [-0.05, 0) is 44.0 Å². The Morgan fingerprint density at radius 2 is 2.23 bits per heavy atom. The summed E-state index contributed by atoms with van der Waals surface area (Å²) >= 11 is 0. The zero-order valence-corrected chi connectivity index (χ0v) is 13.1. The van der Waals surface area contributed by atoms with Gasteiger partial charge in [0.15, 0.2) is 5.65 Å². The second-order valence-electron chi connectivity index (χ2n) is 6.05. The van der Waals surface area contributed by atoms with Gasteiger partial charge in [-0.15, -0.1) is 12.4 Å². The fourth-order valence-corrected chi connectivity index (χ4v) is 3.52. The molecule has 7 heteroatoms. The number of hydrogen-bond acceptors (Lipinski definition) is 4. The third kappa shape index (κ3) is 2.94. The van der Waals surface area contributed by atoms with Crippen molar-refractivity contribution in [2.45, 2.75) is 25.3 Å². The number of aromatic amines is 1. The van der Waals surface area contributed by atoms with Crippen molar-refractivity contribution in [1.82, 2.24) is 25.2 Å². The van der Waals surface area contributed by atoms with Crippen LogP contribution in [0.2, 0.25) is 0 Å². The molecule has 3 saturated heterocycles. The summed E-state index contributed by atoms with van der Waals surface area (Å²) in [4.78, 5) is 26.3. The lowest BCUT2D eigenvalue weighted by molar-refractivity contribution is -0.122. The number of H-pyrrole nitrogens is 1. The Morgan fingerprint density at radius 1 is 1.41 bits per heavy atom. The zero-order valence-electron chi connectivity index (χ0n) is 12.3. The highest BCUT2D eigenvalue weighted by Gasteiger charge is 2.34. The van der Waals surface area contributed by atoms with Crippen LogP contribution in [0.1, 0.15) is 18.7 Å². The summed E-state index contributed by atoms with van der Waals surface area (Å²) in [5.74, 6) is 1.38. The molecule has 2 bridgehead atoms. The van der Waals surface area contributed by atoms with Crippen LogP contribution in [0.4, 0.5) is 0 Å². The molecule has 118 valence electrons. The molecule has 22 heavy (non-hydrogen) atoms. The van der Waals surface area contributed by atoms with E-state index in [-0.39, 0.29) is 18.3 Å². The average Bonchev–Trinajstić information content (AvgIpc) is 2.90. The lowest BCUT2D eigenvalue weighted by atomic mass is 9.84. The number of pyridine rings is 1. The van der Waals surface area contributed by atoms with E-state index >= 15 is 0 Å². The summed E-state index contributed by atoms with van der Waals surface area (Å²) in [6.45, 7) is 3.37. The van der Waals surface area contributed by atoms with Gasteiger partial charge >= 0.3 is 0 Å². The molecule has 3 fully saturated rings. The fraction of sp³-hybridized carbons (Fsp3) is 0.533. The normalized spacial score (nSPS) is 26.6. The number of aromatic nitrogens is 3. The maximum absolute atomic E-state index is 12.2. The van der Waals surface area contributed by atoms with E-state index in [1.165, 1.54) is 25.9 Å². The second-order valence-corrected chi connectivity index (χ2v) is 6.05. The number of nitrogens with zero attached hydrogens (tertiary/aromatic N) is 3. The number of rotatable bonds is 3. The number of nitrogens with one attached hydrogen (secondary N) is 2. The SMILES string of the molecule is Cl.O=C(Cc1nc2ncccc2[nH]1)N[C@H]1CN2CCC1CC2. The van der Waals surface area contributed by atoms with E-state index in [4.69, 9.17) is 0 Å². The molecule has 2 aromatic rings. The topological polar surface area (TPSA) is 73.9 Å². The lowest BCUT2D eigenvalue weighted by Gasteiger charge is -2.44. The van der Waals surface area contributed by atoms with Crippen LogP contribution in [0.3, 0.4) is 0 Å². The Hall–Kier alpha value is -1.66. The quantitative estimate of drug-likeness (QED) is 0.889. The van der Waals surface area contributed by atoms with E-state index in [9.17, 15) is 4.79 Å². The van der Waals surface area contributed by atoms with Crippen molar-refractivity contribution >= 4 is 29.5 Å². The number of fused-ring (bicyclic) bond motifs is 4. The Kier molecular flexibility index (Phi) is 4.31. The standard InChI is InChI=1S/C15H19N5O.ClH/c21-14(18-12-9-20-6-3-10(12)4-7-20)8-13-17-11-2-1-5-16-15(11)19-13;/h1-2,5,10,12H,3-4,6-9H2,(H,18,21)(H,16,17,19);1H/t12-;/m0./s1. The Morgan fingerprint density at radius 3 is 2.91 bits per heavy atom. The van der Waals surface area contributed by atoms with Crippen molar-refractivity contribution in [2.75, 3.05) is 19.6 Å². The molecule has 0 unspecified atom stereocenters. The number of piperidine rings is 3. The largest absolute Gasteiger partial charge is 0.351 e. The maximum Gasteiger partial charge on any atom is 0.227 e. The average molecular weight is 322 g/mol. The van der Waals surface area contributed by atoms with Crippen LogP contribution >= 0.6 is 12.4 Å². The zero-order chi connectivity index (χ0) is 14.2. The Labute approximate surface area is 135 Å². The summed E-state index contributed by atoms with van der Waals surface area (Å²) in [5, 5.41) is 3.18. The molecule has 0 aromatic carbocycles. The first-order chi connectivity index (χ1) is 10.3. The molecular formula is C15H20ClN5O. The molecule has 3 aliphatic heterocycles. The highest BCUT2D eigenvalue weighted by atomic mass is 35.5. The van der Waals surface area contributed by atoms with E-state index in [0.717, 1.165) is 12.1 Å². The molecule has 1 atom stereocenters. The van der Waals surface area contributed by atoms with Crippen molar-refractivity contribution < 1.29 is 4.79 Å². The monoisotopic (exact) mass is 321 g/mol. The molecule has 5 rings (SSSR count). The molecule has 6 nitrogen and oxygen atoms in total. The van der Waals surface area contributed by atoms with Gasteiger partial charge in [-0.1, -0.05) is 0 Å². The van der Waals surface area contributed by atoms with Gasteiger partial charge in [-0.3, -0.25) is 4.79 Å². The number of amides is 1. The van der Waals surface area contributed by atoms with Crippen LogP contribution in [0.25, 0.3) is 11.2 Å². The van der Waals surface area contributed by atoms with Crippen molar-refractivity contribution in [3.8, 4) is 0 Å². The molecule has 0 radical (unpaired) electrons. The molecule has 0 saturated carbocycles. The van der Waals surface area contributed by atoms with Gasteiger partial charge in [-0.2, -0.15) is 0 Å². The third-order valence-corrected chi connectivity index (χ3v) is 4.64. The minimum atomic E-state index is 0. The maximum atomic E-state index is 12.2. The van der Waals surface area contributed by atoms with E-state index in [1.807, 2.05) is 12.1 Å². The van der Waals surface area contributed by atoms with Gasteiger partial charge in [0, 0.05) is 18.8 Å². The molecule has 0 spiro atoms. The summed E-state index contributed by atoms with van der Waals surface area (Å²) < 4.78 is 0. The van der Waals surface area contributed by atoms with Crippen LogP contribution in [-0.4, -0.2) is 51.4 Å². The minimum Gasteiger partial charge on any atom is -0.351 e. The first-order valence-corrected chi connectivity index (χ1v) is 7.59. The van der Waals surface area contributed by atoms with Gasteiger partial charge in [0.25, 0.3) is 0 Å². The number of carbonyl (C=O) groups excluding carboxylic acids is 1. The van der Waals surface area contributed by atoms with E-state index in [2.05, 4.69) is 25.2 Å². The van der Waals surface area contributed by atoms with Gasteiger partial charge in [-0.25, -0.2) is 9.97 Å². The first kappa shape index (κ1) is 15.2. The van der Waals surface area contributed by atoms with Crippen LogP contribution in [0, 0.1) is 5.92 Å². The van der Waals surface area contributed by atoms with Gasteiger partial charge in [0.1, 0.15) is 5.82 Å². The smallest absolute Gasteiger partial charge is 0.227 e. The molecule has 2 N–H and O–H groups in total. The van der Waals surface area contributed by atoms with E-state index < -0.39 is 0 Å². The van der Waals surface area contributed by atoms with Crippen molar-refractivity contribution in [3.63, 3.8) is 0 Å². The number of imidazole rings is 1. The van der Waals surface area contributed by atoms with E-state index in [1.54, 1.807) is 6.20 Å². The van der Waals surface area contributed by atoms with Crippen LogP contribution in [0.15, 0.2) is 18.3 Å². The second kappa shape index (κ2) is 6.22. The summed E-state index contributed by atoms with van der Waals surface area (Å²) in [7, 11) is 0. The van der Waals surface area contributed by atoms with Gasteiger partial charge < -0.3 is 15.2 Å². The van der Waals surface area contributed by atoms with Crippen molar-refractivity contribution in [3.05, 3.63) is 24.2 Å². The van der Waals surface area contributed by atoms with Gasteiger partial charge in [0.05, 0.1) is 11.9 Å². The summed E-state index contributed by atoms with van der Waals surface area (Å²) in [6, 6.07) is 4.09. The Bertz CT molecular complexity index is 632. The number of hydrogen-bond donors (Lipinski definition) is 2.